The van der Waals surface area contributed by atoms with Crippen molar-refractivity contribution in [1.82, 2.24) is 25.3 Å². The molecule has 0 saturated carbocycles. The molecule has 0 aliphatic carbocycles. The molecule has 0 aromatic heterocycles. The van der Waals surface area contributed by atoms with Gasteiger partial charge in [0, 0.05) is 65.6 Å². The molecule has 1 atom stereocenters. The van der Waals surface area contributed by atoms with Gasteiger partial charge in [-0.05, 0) is 34.5 Å². The van der Waals surface area contributed by atoms with Crippen molar-refractivity contribution in [2.45, 2.75) is 19.4 Å². The number of rotatable bonds is 10. The Balaban J connectivity index is 2.34. The second-order valence-corrected chi connectivity index (χ2v) is 6.69. The summed E-state index contributed by atoms with van der Waals surface area (Å²) in [6.07, 6.45) is 1.07. The molecule has 1 heterocycles. The van der Waals surface area contributed by atoms with Crippen molar-refractivity contribution in [2.24, 2.45) is 4.99 Å². The number of nitrogens with one attached hydrogen (secondary N) is 2. The molecule has 142 valence electrons. The summed E-state index contributed by atoms with van der Waals surface area (Å²) in [6.45, 7) is 11.0. The van der Waals surface area contributed by atoms with E-state index < -0.39 is 0 Å². The van der Waals surface area contributed by atoms with Crippen molar-refractivity contribution >= 4 is 5.96 Å². The SMILES string of the molecule is CCNC(=NCC1CN(C)CCN1C)NCCN(C)CCCOC. The van der Waals surface area contributed by atoms with E-state index in [0.29, 0.717) is 6.04 Å². The lowest BCUT2D eigenvalue weighted by molar-refractivity contribution is 0.119. The van der Waals surface area contributed by atoms with Crippen LogP contribution in [0.2, 0.25) is 0 Å². The highest BCUT2D eigenvalue weighted by atomic mass is 16.5. The Labute approximate surface area is 148 Å². The standard InChI is InChI=1S/C17H38N6O/c1-6-18-17(19-8-10-21(2)9-7-13-24-5)20-14-16-15-22(3)11-12-23(16)4/h16H,6-15H2,1-5H3,(H2,18,19,20). The van der Waals surface area contributed by atoms with Crippen LogP contribution in [-0.4, -0.2) is 114 Å². The number of guanidine groups is 1. The van der Waals surface area contributed by atoms with Gasteiger partial charge in [0.1, 0.15) is 0 Å². The maximum absolute atomic E-state index is 5.09. The van der Waals surface area contributed by atoms with E-state index in [9.17, 15) is 0 Å². The van der Waals surface area contributed by atoms with Crippen molar-refractivity contribution in [3.63, 3.8) is 0 Å². The van der Waals surface area contributed by atoms with E-state index >= 15 is 0 Å². The number of hydrogen-bond donors (Lipinski definition) is 2. The van der Waals surface area contributed by atoms with Gasteiger partial charge in [-0.2, -0.15) is 0 Å². The summed E-state index contributed by atoms with van der Waals surface area (Å²) in [6, 6.07) is 0.496. The summed E-state index contributed by atoms with van der Waals surface area (Å²) in [4.78, 5) is 11.9. The maximum atomic E-state index is 5.09. The molecule has 1 saturated heterocycles. The zero-order valence-corrected chi connectivity index (χ0v) is 16.3. The van der Waals surface area contributed by atoms with Crippen molar-refractivity contribution in [3.8, 4) is 0 Å². The van der Waals surface area contributed by atoms with E-state index in [-0.39, 0.29) is 0 Å². The summed E-state index contributed by atoms with van der Waals surface area (Å²) >= 11 is 0. The van der Waals surface area contributed by atoms with Crippen LogP contribution in [0.3, 0.4) is 0 Å². The first-order valence-corrected chi connectivity index (χ1v) is 9.15. The molecule has 1 unspecified atom stereocenters. The van der Waals surface area contributed by atoms with Gasteiger partial charge in [0.15, 0.2) is 5.96 Å². The van der Waals surface area contributed by atoms with Crippen LogP contribution in [0.5, 0.6) is 0 Å². The molecule has 1 fully saturated rings. The highest BCUT2D eigenvalue weighted by molar-refractivity contribution is 5.79. The van der Waals surface area contributed by atoms with Gasteiger partial charge in [-0.1, -0.05) is 0 Å². The average Bonchev–Trinajstić information content (AvgIpc) is 2.55. The van der Waals surface area contributed by atoms with Gasteiger partial charge < -0.3 is 25.2 Å². The Morgan fingerprint density at radius 2 is 2.04 bits per heavy atom. The van der Waals surface area contributed by atoms with Crippen LogP contribution in [0.1, 0.15) is 13.3 Å². The predicted molar refractivity (Wildman–Crippen MR) is 102 cm³/mol. The zero-order chi connectivity index (χ0) is 17.8. The minimum absolute atomic E-state index is 0.496. The first kappa shape index (κ1) is 21.2. The number of nitrogens with zero attached hydrogens (tertiary/aromatic N) is 4. The number of hydrogen-bond acceptors (Lipinski definition) is 5. The largest absolute Gasteiger partial charge is 0.385 e. The number of methoxy groups -OCH3 is 1. The molecule has 2 N–H and O–H groups in total. The van der Waals surface area contributed by atoms with E-state index in [1.807, 2.05) is 0 Å². The summed E-state index contributed by atoms with van der Waals surface area (Å²) in [5.74, 6) is 0.921. The van der Waals surface area contributed by atoms with E-state index in [1.165, 1.54) is 0 Å². The lowest BCUT2D eigenvalue weighted by Crippen LogP contribution is -2.51. The second-order valence-electron chi connectivity index (χ2n) is 6.69. The normalized spacial score (nSPS) is 20.6. The van der Waals surface area contributed by atoms with Crippen LogP contribution >= 0.6 is 0 Å². The first-order valence-electron chi connectivity index (χ1n) is 9.15. The average molecular weight is 343 g/mol. The van der Waals surface area contributed by atoms with Crippen molar-refractivity contribution in [1.29, 1.82) is 0 Å². The molecular formula is C17H38N6O. The molecule has 1 aliphatic rings. The van der Waals surface area contributed by atoms with Crippen LogP contribution in [-0.2, 0) is 4.74 Å². The minimum atomic E-state index is 0.496. The predicted octanol–water partition coefficient (Wildman–Crippen LogP) is -0.244. The zero-order valence-electron chi connectivity index (χ0n) is 16.3. The summed E-state index contributed by atoms with van der Waals surface area (Å²) in [5, 5.41) is 6.78. The fourth-order valence-corrected chi connectivity index (χ4v) is 2.79. The molecule has 0 aromatic carbocycles. The number of likely N-dealkylation sites (N-methyl/N-ethyl adjacent to an activating group) is 3. The Morgan fingerprint density at radius 1 is 1.25 bits per heavy atom. The van der Waals surface area contributed by atoms with Crippen molar-refractivity contribution in [2.75, 3.05) is 87.2 Å². The van der Waals surface area contributed by atoms with Gasteiger partial charge in [0.25, 0.3) is 0 Å². The van der Waals surface area contributed by atoms with Gasteiger partial charge in [-0.25, -0.2) is 0 Å². The van der Waals surface area contributed by atoms with Gasteiger partial charge in [-0.15, -0.1) is 0 Å². The molecule has 0 radical (unpaired) electrons. The maximum Gasteiger partial charge on any atom is 0.191 e. The summed E-state index contributed by atoms with van der Waals surface area (Å²) in [7, 11) is 8.28. The van der Waals surface area contributed by atoms with Gasteiger partial charge in [0.2, 0.25) is 0 Å². The fraction of sp³-hybridized carbons (Fsp3) is 0.941. The molecule has 7 nitrogen and oxygen atoms in total. The molecule has 0 amide bonds. The molecule has 1 aliphatic heterocycles. The minimum Gasteiger partial charge on any atom is -0.385 e. The van der Waals surface area contributed by atoms with Crippen LogP contribution in [0, 0.1) is 0 Å². The van der Waals surface area contributed by atoms with Gasteiger partial charge in [0.05, 0.1) is 6.54 Å². The van der Waals surface area contributed by atoms with Crippen LogP contribution in [0.4, 0.5) is 0 Å². The highest BCUT2D eigenvalue weighted by Crippen LogP contribution is 2.05. The quantitative estimate of drug-likeness (QED) is 0.325. The van der Waals surface area contributed by atoms with Crippen LogP contribution in [0.25, 0.3) is 0 Å². The molecule has 1 rings (SSSR count). The number of aliphatic imine (C=N–C) groups is 1. The third kappa shape index (κ3) is 8.82. The summed E-state index contributed by atoms with van der Waals surface area (Å²) in [5.41, 5.74) is 0. The van der Waals surface area contributed by atoms with Gasteiger partial charge in [-0.3, -0.25) is 9.89 Å². The summed E-state index contributed by atoms with van der Waals surface area (Å²) < 4.78 is 5.09. The Morgan fingerprint density at radius 3 is 2.75 bits per heavy atom. The van der Waals surface area contributed by atoms with Crippen molar-refractivity contribution in [3.05, 3.63) is 0 Å². The molecule has 24 heavy (non-hydrogen) atoms. The molecule has 7 heteroatoms. The van der Waals surface area contributed by atoms with E-state index in [4.69, 9.17) is 9.73 Å². The lowest BCUT2D eigenvalue weighted by atomic mass is 10.2. The fourth-order valence-electron chi connectivity index (χ4n) is 2.79. The first-order chi connectivity index (χ1) is 11.6. The lowest BCUT2D eigenvalue weighted by Gasteiger charge is -2.36. The molecule has 0 bridgehead atoms. The Hall–Kier alpha value is -0.890. The third-order valence-electron chi connectivity index (χ3n) is 4.46. The number of ether oxygens (including phenoxy) is 1. The van der Waals surface area contributed by atoms with Crippen LogP contribution < -0.4 is 10.6 Å². The second kappa shape index (κ2) is 12.5. The smallest absolute Gasteiger partial charge is 0.191 e. The topological polar surface area (TPSA) is 55.4 Å². The molecular weight excluding hydrogens is 304 g/mol. The monoisotopic (exact) mass is 342 g/mol. The van der Waals surface area contributed by atoms with Crippen molar-refractivity contribution < 1.29 is 4.74 Å². The van der Waals surface area contributed by atoms with E-state index in [2.05, 4.69) is 53.4 Å². The number of piperazine rings is 1. The van der Waals surface area contributed by atoms with E-state index in [1.54, 1.807) is 7.11 Å². The van der Waals surface area contributed by atoms with Gasteiger partial charge >= 0.3 is 0 Å². The highest BCUT2D eigenvalue weighted by Gasteiger charge is 2.21. The van der Waals surface area contributed by atoms with Crippen LogP contribution in [0.15, 0.2) is 4.99 Å². The Kier molecular flexibility index (Phi) is 11.0. The third-order valence-corrected chi connectivity index (χ3v) is 4.46. The Bertz CT molecular complexity index is 352. The molecule has 0 spiro atoms. The molecule has 0 aromatic rings. The van der Waals surface area contributed by atoms with E-state index in [0.717, 1.165) is 71.3 Å².